The van der Waals surface area contributed by atoms with Gasteiger partial charge in [-0.15, -0.1) is 11.3 Å². The van der Waals surface area contributed by atoms with Gasteiger partial charge in [-0.2, -0.15) is 4.98 Å². The molecule has 2 aromatic rings. The summed E-state index contributed by atoms with van der Waals surface area (Å²) in [6.45, 7) is 4.09. The molecule has 3 rings (SSSR count). The van der Waals surface area contributed by atoms with Crippen LogP contribution in [0, 0.1) is 0 Å². The van der Waals surface area contributed by atoms with E-state index in [1.165, 1.54) is 4.88 Å². The first-order valence-corrected chi connectivity index (χ1v) is 7.84. The van der Waals surface area contributed by atoms with E-state index in [4.69, 9.17) is 16.3 Å². The average Bonchev–Trinajstić information content (AvgIpc) is 2.89. The number of aliphatic hydroxyl groups excluding tert-OH is 1. The molecule has 0 spiro atoms. The minimum absolute atomic E-state index is 0.0162. The molecular formula is C13H16ClN3O2S. The van der Waals surface area contributed by atoms with Gasteiger partial charge in [-0.25, -0.2) is 4.98 Å². The Morgan fingerprint density at radius 1 is 1.55 bits per heavy atom. The zero-order chi connectivity index (χ0) is 14.1. The van der Waals surface area contributed by atoms with E-state index in [-0.39, 0.29) is 18.0 Å². The average molecular weight is 314 g/mol. The van der Waals surface area contributed by atoms with Crippen molar-refractivity contribution in [1.82, 2.24) is 9.97 Å². The minimum atomic E-state index is -0.170. The Balaban J connectivity index is 2.03. The van der Waals surface area contributed by atoms with Gasteiger partial charge < -0.3 is 14.7 Å². The van der Waals surface area contributed by atoms with Crippen LogP contribution in [-0.4, -0.2) is 47.5 Å². The van der Waals surface area contributed by atoms with Gasteiger partial charge in [0, 0.05) is 18.0 Å². The molecule has 20 heavy (non-hydrogen) atoms. The van der Waals surface area contributed by atoms with E-state index in [9.17, 15) is 5.11 Å². The molecule has 1 unspecified atom stereocenters. The monoisotopic (exact) mass is 313 g/mol. The van der Waals surface area contributed by atoms with Crippen LogP contribution in [0.3, 0.4) is 0 Å². The highest BCUT2D eigenvalue weighted by Crippen LogP contribution is 2.32. The number of morpholine rings is 1. The largest absolute Gasteiger partial charge is 0.394 e. The van der Waals surface area contributed by atoms with Gasteiger partial charge in [-0.05, 0) is 24.1 Å². The molecule has 0 amide bonds. The number of rotatable bonds is 3. The number of hydrogen-bond donors (Lipinski definition) is 1. The van der Waals surface area contributed by atoms with E-state index in [1.54, 1.807) is 11.3 Å². The van der Waals surface area contributed by atoms with Crippen LogP contribution in [0.15, 0.2) is 6.07 Å². The molecule has 1 aliphatic heterocycles. The lowest BCUT2D eigenvalue weighted by Gasteiger charge is -2.33. The summed E-state index contributed by atoms with van der Waals surface area (Å²) < 4.78 is 5.48. The van der Waals surface area contributed by atoms with Gasteiger partial charge >= 0.3 is 0 Å². The fourth-order valence-electron chi connectivity index (χ4n) is 2.37. The van der Waals surface area contributed by atoms with E-state index >= 15 is 0 Å². The Kier molecular flexibility index (Phi) is 4.07. The Labute approximate surface area is 126 Å². The third-order valence-electron chi connectivity index (χ3n) is 3.39. The predicted molar refractivity (Wildman–Crippen MR) is 80.8 cm³/mol. The van der Waals surface area contributed by atoms with Gasteiger partial charge in [0.2, 0.25) is 5.28 Å². The lowest BCUT2D eigenvalue weighted by molar-refractivity contribution is 0.00344. The van der Waals surface area contributed by atoms with Crippen molar-refractivity contribution in [2.24, 2.45) is 0 Å². The Bertz CT molecular complexity index is 619. The van der Waals surface area contributed by atoms with Crippen molar-refractivity contribution in [1.29, 1.82) is 0 Å². The third kappa shape index (κ3) is 2.61. The number of fused-ring (bicyclic) bond motifs is 1. The van der Waals surface area contributed by atoms with E-state index < -0.39 is 0 Å². The van der Waals surface area contributed by atoms with Crippen molar-refractivity contribution in [3.05, 3.63) is 16.2 Å². The molecule has 0 saturated carbocycles. The molecule has 2 aromatic heterocycles. The van der Waals surface area contributed by atoms with Crippen LogP contribution in [0.5, 0.6) is 0 Å². The van der Waals surface area contributed by atoms with Crippen LogP contribution in [0.1, 0.15) is 11.8 Å². The van der Waals surface area contributed by atoms with E-state index in [1.807, 2.05) is 0 Å². The number of thiophene rings is 1. The second-order valence-corrected chi connectivity index (χ2v) is 6.18. The second-order valence-electron chi connectivity index (χ2n) is 4.72. The molecule has 108 valence electrons. The summed E-state index contributed by atoms with van der Waals surface area (Å²) in [6.07, 6.45) is 0.803. The third-order valence-corrected chi connectivity index (χ3v) is 4.73. The first kappa shape index (κ1) is 14.0. The number of ether oxygens (including phenoxy) is 1. The number of anilines is 1. The highest BCUT2D eigenvalue weighted by Gasteiger charge is 2.23. The zero-order valence-corrected chi connectivity index (χ0v) is 12.7. The van der Waals surface area contributed by atoms with E-state index in [0.29, 0.717) is 13.2 Å². The number of aryl methyl sites for hydroxylation is 1. The standard InChI is InChI=1S/C13H16ClN3O2S/c1-2-9-5-10-11(15-13(14)16-12(10)20-9)17-3-4-19-8(6-17)7-18/h5,8,18H,2-4,6-7H2,1H3. The van der Waals surface area contributed by atoms with Gasteiger partial charge in [0.05, 0.1) is 24.7 Å². The molecule has 0 radical (unpaired) electrons. The molecule has 0 aromatic carbocycles. The van der Waals surface area contributed by atoms with Gasteiger partial charge in [0.25, 0.3) is 0 Å². The van der Waals surface area contributed by atoms with Crippen molar-refractivity contribution in [3.63, 3.8) is 0 Å². The fourth-order valence-corrected chi connectivity index (χ4v) is 3.54. The smallest absolute Gasteiger partial charge is 0.225 e. The topological polar surface area (TPSA) is 58.5 Å². The van der Waals surface area contributed by atoms with Crippen molar-refractivity contribution in [2.75, 3.05) is 31.2 Å². The molecule has 0 bridgehead atoms. The minimum Gasteiger partial charge on any atom is -0.394 e. The fraction of sp³-hybridized carbons (Fsp3) is 0.538. The second kappa shape index (κ2) is 5.81. The molecule has 1 atom stereocenters. The van der Waals surface area contributed by atoms with Crippen LogP contribution >= 0.6 is 22.9 Å². The maximum absolute atomic E-state index is 9.26. The lowest BCUT2D eigenvalue weighted by atomic mass is 10.2. The van der Waals surface area contributed by atoms with E-state index in [2.05, 4.69) is 27.9 Å². The van der Waals surface area contributed by atoms with Gasteiger partial charge in [-0.3, -0.25) is 0 Å². The maximum Gasteiger partial charge on any atom is 0.225 e. The predicted octanol–water partition coefficient (Wildman–Crippen LogP) is 2.10. The zero-order valence-electron chi connectivity index (χ0n) is 11.2. The SMILES string of the molecule is CCc1cc2c(N3CCOC(CO)C3)nc(Cl)nc2s1. The van der Waals surface area contributed by atoms with E-state index in [0.717, 1.165) is 29.0 Å². The maximum atomic E-state index is 9.26. The highest BCUT2D eigenvalue weighted by atomic mass is 35.5. The summed E-state index contributed by atoms with van der Waals surface area (Å²) in [6, 6.07) is 2.13. The lowest BCUT2D eigenvalue weighted by Crippen LogP contribution is -2.44. The summed E-state index contributed by atoms with van der Waals surface area (Å²) in [5.41, 5.74) is 0. The summed E-state index contributed by atoms with van der Waals surface area (Å²) in [7, 11) is 0. The molecule has 5 nitrogen and oxygen atoms in total. The molecular weight excluding hydrogens is 298 g/mol. The van der Waals surface area contributed by atoms with Crippen LogP contribution in [0.25, 0.3) is 10.2 Å². The highest BCUT2D eigenvalue weighted by molar-refractivity contribution is 7.18. The van der Waals surface area contributed by atoms with Crippen molar-refractivity contribution >= 4 is 39.0 Å². The molecule has 3 heterocycles. The molecule has 7 heteroatoms. The van der Waals surface area contributed by atoms with Crippen molar-refractivity contribution in [2.45, 2.75) is 19.4 Å². The summed E-state index contributed by atoms with van der Waals surface area (Å²) in [4.78, 5) is 13.0. The number of nitrogens with zero attached hydrogens (tertiary/aromatic N) is 3. The molecule has 0 aliphatic carbocycles. The number of aliphatic hydroxyl groups is 1. The number of halogens is 1. The summed E-state index contributed by atoms with van der Waals surface area (Å²) in [5.74, 6) is 0.845. The number of hydrogen-bond acceptors (Lipinski definition) is 6. The van der Waals surface area contributed by atoms with Crippen LogP contribution < -0.4 is 4.90 Å². The van der Waals surface area contributed by atoms with Crippen LogP contribution in [0.2, 0.25) is 5.28 Å². The molecule has 1 fully saturated rings. The van der Waals surface area contributed by atoms with Crippen LogP contribution in [0.4, 0.5) is 5.82 Å². The van der Waals surface area contributed by atoms with Crippen molar-refractivity contribution in [3.8, 4) is 0 Å². The number of aromatic nitrogens is 2. The summed E-state index contributed by atoms with van der Waals surface area (Å²) in [5, 5.41) is 10.6. The van der Waals surface area contributed by atoms with Crippen molar-refractivity contribution < 1.29 is 9.84 Å². The van der Waals surface area contributed by atoms with Gasteiger partial charge in [0.1, 0.15) is 10.6 Å². The quantitative estimate of drug-likeness (QED) is 0.879. The molecule has 1 aliphatic rings. The van der Waals surface area contributed by atoms with Gasteiger partial charge in [0.15, 0.2) is 0 Å². The summed E-state index contributed by atoms with van der Waals surface area (Å²) >= 11 is 7.70. The van der Waals surface area contributed by atoms with Gasteiger partial charge in [-0.1, -0.05) is 6.92 Å². The van der Waals surface area contributed by atoms with Crippen LogP contribution in [-0.2, 0) is 11.2 Å². The Morgan fingerprint density at radius 3 is 3.15 bits per heavy atom. The first-order chi connectivity index (χ1) is 9.71. The first-order valence-electron chi connectivity index (χ1n) is 6.64. The molecule has 1 N–H and O–H groups in total. The Hall–Kier alpha value is -0.950. The normalized spacial score (nSPS) is 19.8. The molecule has 1 saturated heterocycles. The Morgan fingerprint density at radius 2 is 2.40 bits per heavy atom.